The van der Waals surface area contributed by atoms with Gasteiger partial charge in [0.1, 0.15) is 0 Å². The number of nitrogens with one attached hydrogen (secondary N) is 1. The van der Waals surface area contributed by atoms with Gasteiger partial charge in [-0.3, -0.25) is 25.1 Å². The number of carbonyl (C=O) groups is 1. The van der Waals surface area contributed by atoms with E-state index in [2.05, 4.69) is 15.9 Å². The van der Waals surface area contributed by atoms with Gasteiger partial charge < -0.3 is 4.57 Å². The Bertz CT molecular complexity index is 569. The lowest BCUT2D eigenvalue weighted by Gasteiger charge is -2.08. The van der Waals surface area contributed by atoms with E-state index in [1.165, 1.54) is 17.7 Å². The van der Waals surface area contributed by atoms with E-state index in [4.69, 9.17) is 5.84 Å². The molecule has 0 aromatic carbocycles. The smallest absolute Gasteiger partial charge is 0.289 e. The molecule has 1 amide bonds. The topological polar surface area (TPSA) is 120 Å². The molecular formula is C10H13BrN4O4. The quantitative estimate of drug-likeness (QED) is 0.354. The molecule has 0 fully saturated rings. The molecule has 9 heteroatoms. The summed E-state index contributed by atoms with van der Waals surface area (Å²) in [5.41, 5.74) is 1.75. The van der Waals surface area contributed by atoms with Crippen molar-refractivity contribution in [2.45, 2.75) is 26.3 Å². The van der Waals surface area contributed by atoms with E-state index in [0.29, 0.717) is 6.42 Å². The van der Waals surface area contributed by atoms with E-state index in [1.54, 1.807) is 0 Å². The second kappa shape index (κ2) is 6.43. The summed E-state index contributed by atoms with van der Waals surface area (Å²) in [5.74, 6) is 4.57. The first-order chi connectivity index (χ1) is 8.88. The van der Waals surface area contributed by atoms with Gasteiger partial charge in [0.05, 0.1) is 15.6 Å². The first kappa shape index (κ1) is 15.3. The average molecular weight is 333 g/mol. The zero-order valence-corrected chi connectivity index (χ0v) is 11.8. The molecule has 1 aromatic heterocycles. The lowest BCUT2D eigenvalue weighted by atomic mass is 10.2. The van der Waals surface area contributed by atoms with Crippen LogP contribution >= 0.6 is 15.9 Å². The summed E-state index contributed by atoms with van der Waals surface area (Å²) in [6, 6.07) is 0. The highest BCUT2D eigenvalue weighted by Gasteiger charge is 2.18. The van der Waals surface area contributed by atoms with E-state index in [1.807, 2.05) is 5.43 Å². The molecule has 0 bridgehead atoms. The van der Waals surface area contributed by atoms with Crippen molar-refractivity contribution in [2.75, 3.05) is 0 Å². The number of amides is 1. The maximum Gasteiger partial charge on any atom is 0.289 e. The molecule has 0 unspecified atom stereocenters. The fourth-order valence-corrected chi connectivity index (χ4v) is 1.97. The molecule has 0 aliphatic rings. The summed E-state index contributed by atoms with van der Waals surface area (Å²) in [7, 11) is 0. The monoisotopic (exact) mass is 332 g/mol. The zero-order chi connectivity index (χ0) is 14.6. The van der Waals surface area contributed by atoms with Crippen LogP contribution in [0.4, 0.5) is 5.69 Å². The van der Waals surface area contributed by atoms with E-state index in [9.17, 15) is 19.7 Å². The zero-order valence-electron chi connectivity index (χ0n) is 10.2. The fraction of sp³-hybridized carbons (Fsp3) is 0.400. The van der Waals surface area contributed by atoms with E-state index >= 15 is 0 Å². The highest BCUT2D eigenvalue weighted by atomic mass is 79.9. The van der Waals surface area contributed by atoms with Gasteiger partial charge in [0.15, 0.2) is 0 Å². The number of hydrazine groups is 1. The number of halogens is 1. The van der Waals surface area contributed by atoms with Crippen molar-refractivity contribution < 1.29 is 9.72 Å². The van der Waals surface area contributed by atoms with E-state index in [-0.39, 0.29) is 40.2 Å². The van der Waals surface area contributed by atoms with Crippen LogP contribution in [0.25, 0.3) is 0 Å². The molecule has 1 heterocycles. The summed E-state index contributed by atoms with van der Waals surface area (Å²) < 4.78 is 1.36. The molecule has 1 rings (SSSR count). The molecule has 104 valence electrons. The predicted octanol–water partition coefficient (Wildman–Crippen LogP) is 0.598. The molecule has 19 heavy (non-hydrogen) atoms. The maximum absolute atomic E-state index is 11.9. The first-order valence-electron chi connectivity index (χ1n) is 5.41. The van der Waals surface area contributed by atoms with Crippen LogP contribution in [0.15, 0.2) is 15.5 Å². The Balaban J connectivity index is 2.99. The summed E-state index contributed by atoms with van der Waals surface area (Å²) in [6.07, 6.45) is 1.68. The van der Waals surface area contributed by atoms with Crippen LogP contribution in [-0.2, 0) is 11.3 Å². The molecule has 3 N–H and O–H groups in total. The second-order valence-electron chi connectivity index (χ2n) is 3.88. The van der Waals surface area contributed by atoms with E-state index < -0.39 is 4.92 Å². The third-order valence-corrected chi connectivity index (χ3v) is 3.53. The first-order valence-corrected chi connectivity index (χ1v) is 6.21. The van der Waals surface area contributed by atoms with Crippen LogP contribution < -0.4 is 16.8 Å². The van der Waals surface area contributed by atoms with Crippen molar-refractivity contribution in [3.05, 3.63) is 36.7 Å². The highest BCUT2D eigenvalue weighted by Crippen LogP contribution is 2.22. The Labute approximate surface area is 116 Å². The van der Waals surface area contributed by atoms with Gasteiger partial charge in [-0.05, 0) is 29.3 Å². The fourth-order valence-electron chi connectivity index (χ4n) is 1.53. The summed E-state index contributed by atoms with van der Waals surface area (Å²) in [4.78, 5) is 33.1. The Morgan fingerprint density at radius 2 is 2.26 bits per heavy atom. The van der Waals surface area contributed by atoms with Gasteiger partial charge in [0, 0.05) is 18.5 Å². The van der Waals surface area contributed by atoms with Crippen molar-refractivity contribution >= 4 is 27.5 Å². The van der Waals surface area contributed by atoms with Crippen LogP contribution in [0, 0.1) is 17.0 Å². The normalized spacial score (nSPS) is 10.3. The van der Waals surface area contributed by atoms with E-state index in [0.717, 1.165) is 0 Å². The molecule has 8 nitrogen and oxygen atoms in total. The lowest BCUT2D eigenvalue weighted by Crippen LogP contribution is -2.30. The average Bonchev–Trinajstić information content (AvgIpc) is 2.38. The van der Waals surface area contributed by atoms with Crippen molar-refractivity contribution in [3.8, 4) is 0 Å². The highest BCUT2D eigenvalue weighted by molar-refractivity contribution is 9.10. The molecule has 0 spiro atoms. The Morgan fingerprint density at radius 1 is 1.63 bits per heavy atom. The van der Waals surface area contributed by atoms with Crippen molar-refractivity contribution in [3.63, 3.8) is 0 Å². The summed E-state index contributed by atoms with van der Waals surface area (Å²) in [6.45, 7) is 1.70. The maximum atomic E-state index is 11.9. The van der Waals surface area contributed by atoms with Crippen LogP contribution in [-0.4, -0.2) is 15.4 Å². The van der Waals surface area contributed by atoms with Gasteiger partial charge in [-0.1, -0.05) is 0 Å². The Morgan fingerprint density at radius 3 is 2.79 bits per heavy atom. The molecule has 1 aromatic rings. The van der Waals surface area contributed by atoms with Gasteiger partial charge in [0.25, 0.3) is 11.2 Å². The number of nitrogens with two attached hydrogens (primary N) is 1. The van der Waals surface area contributed by atoms with Crippen LogP contribution in [0.2, 0.25) is 0 Å². The standard InChI is InChI=1S/C10H13BrN4O4/c1-6-7(15(18)19)5-14(10(17)9(6)11)4-2-3-8(16)13-12/h5H,2-4,12H2,1H3,(H,13,16). The number of aryl methyl sites for hydroxylation is 1. The Kier molecular flexibility index (Phi) is 5.19. The van der Waals surface area contributed by atoms with Gasteiger partial charge in [-0.15, -0.1) is 0 Å². The molecule has 0 saturated heterocycles. The van der Waals surface area contributed by atoms with Crippen molar-refractivity contribution in [2.24, 2.45) is 5.84 Å². The molecule has 0 saturated carbocycles. The molecule has 0 aliphatic carbocycles. The number of hydrogen-bond donors (Lipinski definition) is 2. The predicted molar refractivity (Wildman–Crippen MR) is 71.4 cm³/mol. The van der Waals surface area contributed by atoms with Crippen LogP contribution in [0.3, 0.4) is 0 Å². The largest absolute Gasteiger partial charge is 0.308 e. The SMILES string of the molecule is Cc1c([N+](=O)[O-])cn(CCCC(=O)NN)c(=O)c1Br. The Hall–Kier alpha value is -1.74. The van der Waals surface area contributed by atoms with Gasteiger partial charge in [-0.25, -0.2) is 5.84 Å². The number of nitro groups is 1. The van der Waals surface area contributed by atoms with Gasteiger partial charge in [0.2, 0.25) is 5.91 Å². The minimum absolute atomic E-state index is 0.141. The second-order valence-corrected chi connectivity index (χ2v) is 4.67. The molecule has 0 radical (unpaired) electrons. The van der Waals surface area contributed by atoms with Crippen molar-refractivity contribution in [1.82, 2.24) is 9.99 Å². The summed E-state index contributed by atoms with van der Waals surface area (Å²) >= 11 is 3.05. The summed E-state index contributed by atoms with van der Waals surface area (Å²) in [5, 5.41) is 10.9. The molecule has 0 aliphatic heterocycles. The number of carbonyl (C=O) groups excluding carboxylic acids is 1. The van der Waals surface area contributed by atoms with Crippen LogP contribution in [0.5, 0.6) is 0 Å². The molecular weight excluding hydrogens is 320 g/mol. The number of hydrogen-bond acceptors (Lipinski definition) is 5. The lowest BCUT2D eigenvalue weighted by molar-refractivity contribution is -0.386. The third kappa shape index (κ3) is 3.61. The van der Waals surface area contributed by atoms with Gasteiger partial charge >= 0.3 is 0 Å². The third-order valence-electron chi connectivity index (χ3n) is 2.60. The minimum Gasteiger partial charge on any atom is -0.308 e. The minimum atomic E-state index is -0.553. The molecule has 0 atom stereocenters. The number of aromatic nitrogens is 1. The van der Waals surface area contributed by atoms with Gasteiger partial charge in [-0.2, -0.15) is 0 Å². The van der Waals surface area contributed by atoms with Crippen LogP contribution in [0.1, 0.15) is 18.4 Å². The van der Waals surface area contributed by atoms with Crippen molar-refractivity contribution in [1.29, 1.82) is 0 Å². The number of rotatable bonds is 5. The number of pyridine rings is 1. The number of nitrogens with zero attached hydrogens (tertiary/aromatic N) is 2.